The first kappa shape index (κ1) is 19.1. The van der Waals surface area contributed by atoms with Gasteiger partial charge in [0.15, 0.2) is 0 Å². The number of amides is 1. The van der Waals surface area contributed by atoms with Crippen molar-refractivity contribution in [1.82, 2.24) is 9.47 Å². The number of hydrogen-bond donors (Lipinski definition) is 0. The van der Waals surface area contributed by atoms with Gasteiger partial charge in [0.1, 0.15) is 11.5 Å². The van der Waals surface area contributed by atoms with Crippen LogP contribution in [0.3, 0.4) is 0 Å². The molecule has 1 aliphatic heterocycles. The summed E-state index contributed by atoms with van der Waals surface area (Å²) in [5.74, 6) is 1.52. The molecule has 1 fully saturated rings. The number of nitrogens with zero attached hydrogens (tertiary/aromatic N) is 2. The second-order valence-electron chi connectivity index (χ2n) is 7.30. The molecule has 150 valence electrons. The van der Waals surface area contributed by atoms with Gasteiger partial charge in [-0.25, -0.2) is 0 Å². The Morgan fingerprint density at radius 3 is 2.10 bits per heavy atom. The van der Waals surface area contributed by atoms with Gasteiger partial charge in [-0.05, 0) is 31.4 Å². The lowest BCUT2D eigenvalue weighted by molar-refractivity contribution is 0.0792. The number of methoxy groups -OCH3 is 2. The summed E-state index contributed by atoms with van der Waals surface area (Å²) in [6, 6.07) is 17.9. The molecule has 4 rings (SSSR count). The van der Waals surface area contributed by atoms with Gasteiger partial charge in [-0.3, -0.25) is 4.79 Å². The first-order valence-corrected chi connectivity index (χ1v) is 9.93. The van der Waals surface area contributed by atoms with Crippen LogP contribution < -0.4 is 9.47 Å². The van der Waals surface area contributed by atoms with Gasteiger partial charge in [0.2, 0.25) is 0 Å². The van der Waals surface area contributed by atoms with Crippen molar-refractivity contribution in [3.63, 3.8) is 0 Å². The third-order valence-electron chi connectivity index (χ3n) is 5.53. The highest BCUT2D eigenvalue weighted by Gasteiger charge is 2.25. The second-order valence-corrected chi connectivity index (χ2v) is 7.30. The number of carbonyl (C=O) groups is 1. The summed E-state index contributed by atoms with van der Waals surface area (Å²) in [4.78, 5) is 15.2. The minimum atomic E-state index is 0.103. The molecule has 2 aromatic carbocycles. The zero-order valence-corrected chi connectivity index (χ0v) is 17.1. The maximum absolute atomic E-state index is 13.2. The minimum absolute atomic E-state index is 0.103. The summed E-state index contributed by atoms with van der Waals surface area (Å²) < 4.78 is 13.1. The summed E-state index contributed by atoms with van der Waals surface area (Å²) in [6.45, 7) is 3.66. The first-order chi connectivity index (χ1) is 14.1. The van der Waals surface area contributed by atoms with Crippen molar-refractivity contribution < 1.29 is 14.3 Å². The van der Waals surface area contributed by atoms with Crippen molar-refractivity contribution in [2.45, 2.75) is 19.8 Å². The summed E-state index contributed by atoms with van der Waals surface area (Å²) in [5.41, 5.74) is 4.58. The van der Waals surface area contributed by atoms with Crippen LogP contribution in [0, 0.1) is 6.92 Å². The second kappa shape index (κ2) is 8.03. The highest BCUT2D eigenvalue weighted by Crippen LogP contribution is 2.34. The van der Waals surface area contributed by atoms with Gasteiger partial charge in [-0.15, -0.1) is 0 Å². The Morgan fingerprint density at radius 2 is 1.52 bits per heavy atom. The third kappa shape index (κ3) is 3.60. The van der Waals surface area contributed by atoms with Crippen LogP contribution in [0.4, 0.5) is 0 Å². The topological polar surface area (TPSA) is 43.7 Å². The molecule has 2 heterocycles. The van der Waals surface area contributed by atoms with Crippen molar-refractivity contribution in [2.24, 2.45) is 0 Å². The summed E-state index contributed by atoms with van der Waals surface area (Å²) in [5, 5.41) is 0. The van der Waals surface area contributed by atoms with Gasteiger partial charge in [-0.2, -0.15) is 0 Å². The van der Waals surface area contributed by atoms with Crippen molar-refractivity contribution in [2.75, 3.05) is 27.3 Å². The monoisotopic (exact) mass is 390 g/mol. The van der Waals surface area contributed by atoms with E-state index in [1.807, 2.05) is 54.3 Å². The molecule has 29 heavy (non-hydrogen) atoms. The maximum atomic E-state index is 13.2. The Morgan fingerprint density at radius 1 is 0.897 bits per heavy atom. The quantitative estimate of drug-likeness (QED) is 0.634. The predicted molar refractivity (Wildman–Crippen MR) is 114 cm³/mol. The lowest BCUT2D eigenvalue weighted by atomic mass is 10.1. The Hall–Kier alpha value is -3.21. The van der Waals surface area contributed by atoms with E-state index >= 15 is 0 Å². The number of benzene rings is 2. The fourth-order valence-corrected chi connectivity index (χ4v) is 3.99. The third-order valence-corrected chi connectivity index (χ3v) is 5.53. The van der Waals surface area contributed by atoms with E-state index < -0.39 is 0 Å². The number of aromatic nitrogens is 1. The lowest BCUT2D eigenvalue weighted by Crippen LogP contribution is -2.27. The van der Waals surface area contributed by atoms with E-state index in [4.69, 9.17) is 9.47 Å². The Balaban J connectivity index is 1.91. The highest BCUT2D eigenvalue weighted by molar-refractivity contribution is 5.97. The van der Waals surface area contributed by atoms with Gasteiger partial charge in [-0.1, -0.05) is 30.3 Å². The van der Waals surface area contributed by atoms with Crippen LogP contribution in [0.25, 0.3) is 16.9 Å². The summed E-state index contributed by atoms with van der Waals surface area (Å²) >= 11 is 0. The molecule has 5 heteroatoms. The SMILES string of the molecule is COc1cc(OC)cc(-n2c(-c3ccccc3)cc(C(=O)N3CCCC3)c2C)c1. The van der Waals surface area contributed by atoms with E-state index in [0.29, 0.717) is 11.5 Å². The Labute approximate surface area is 171 Å². The van der Waals surface area contributed by atoms with E-state index in [9.17, 15) is 4.79 Å². The maximum Gasteiger partial charge on any atom is 0.255 e. The van der Waals surface area contributed by atoms with Crippen molar-refractivity contribution in [1.29, 1.82) is 0 Å². The summed E-state index contributed by atoms with van der Waals surface area (Å²) in [6.07, 6.45) is 2.15. The molecular formula is C24H26N2O3. The molecule has 0 N–H and O–H groups in total. The zero-order chi connectivity index (χ0) is 20.4. The van der Waals surface area contributed by atoms with Crippen molar-refractivity contribution in [3.8, 4) is 28.4 Å². The molecule has 1 saturated heterocycles. The van der Waals surface area contributed by atoms with Crippen molar-refractivity contribution >= 4 is 5.91 Å². The van der Waals surface area contributed by atoms with E-state index in [0.717, 1.165) is 54.1 Å². The molecule has 5 nitrogen and oxygen atoms in total. The van der Waals surface area contributed by atoms with Gasteiger partial charge in [0, 0.05) is 37.0 Å². The summed E-state index contributed by atoms with van der Waals surface area (Å²) in [7, 11) is 3.28. The molecule has 0 unspecified atom stereocenters. The molecular weight excluding hydrogens is 364 g/mol. The van der Waals surface area contributed by atoms with Gasteiger partial charge < -0.3 is 18.9 Å². The van der Waals surface area contributed by atoms with Crippen molar-refractivity contribution in [3.05, 3.63) is 65.9 Å². The van der Waals surface area contributed by atoms with Gasteiger partial charge >= 0.3 is 0 Å². The fourth-order valence-electron chi connectivity index (χ4n) is 3.99. The minimum Gasteiger partial charge on any atom is -0.497 e. The van der Waals surface area contributed by atoms with E-state index in [2.05, 4.69) is 16.7 Å². The first-order valence-electron chi connectivity index (χ1n) is 9.93. The zero-order valence-electron chi connectivity index (χ0n) is 17.1. The Kier molecular flexibility index (Phi) is 5.30. The van der Waals surface area contributed by atoms with Crippen LogP contribution in [-0.2, 0) is 0 Å². The molecule has 1 aliphatic rings. The Bertz CT molecular complexity index is 996. The number of hydrogen-bond acceptors (Lipinski definition) is 3. The molecule has 0 atom stereocenters. The van der Waals surface area contributed by atoms with E-state index in [-0.39, 0.29) is 5.91 Å². The average molecular weight is 390 g/mol. The number of carbonyl (C=O) groups excluding carboxylic acids is 1. The highest BCUT2D eigenvalue weighted by atomic mass is 16.5. The van der Waals surface area contributed by atoms with Crippen LogP contribution in [0.1, 0.15) is 28.9 Å². The molecule has 3 aromatic rings. The molecule has 1 amide bonds. The molecule has 0 radical (unpaired) electrons. The molecule has 0 saturated carbocycles. The van der Waals surface area contributed by atoms with E-state index in [1.54, 1.807) is 14.2 Å². The number of ether oxygens (including phenoxy) is 2. The number of rotatable bonds is 5. The normalized spacial score (nSPS) is 13.6. The molecule has 0 aliphatic carbocycles. The standard InChI is InChI=1S/C24H26N2O3/c1-17-22(24(27)25-11-7-8-12-25)16-23(18-9-5-4-6-10-18)26(17)19-13-20(28-2)15-21(14-19)29-3/h4-6,9-10,13-16H,7-8,11-12H2,1-3H3. The van der Waals surface area contributed by atoms with Gasteiger partial charge in [0.05, 0.1) is 31.2 Å². The van der Waals surface area contributed by atoms with Gasteiger partial charge in [0.25, 0.3) is 5.91 Å². The van der Waals surface area contributed by atoms with Crippen LogP contribution in [0.15, 0.2) is 54.6 Å². The number of likely N-dealkylation sites (tertiary alicyclic amines) is 1. The predicted octanol–water partition coefficient (Wildman–Crippen LogP) is 4.71. The molecule has 1 aromatic heterocycles. The van der Waals surface area contributed by atoms with Crippen LogP contribution in [0.5, 0.6) is 11.5 Å². The molecule has 0 bridgehead atoms. The fraction of sp³-hybridized carbons (Fsp3) is 0.292. The van der Waals surface area contributed by atoms with Crippen LogP contribution in [0.2, 0.25) is 0 Å². The largest absolute Gasteiger partial charge is 0.497 e. The van der Waals surface area contributed by atoms with Crippen LogP contribution >= 0.6 is 0 Å². The lowest BCUT2D eigenvalue weighted by Gasteiger charge is -2.16. The van der Waals surface area contributed by atoms with E-state index in [1.165, 1.54) is 0 Å². The smallest absolute Gasteiger partial charge is 0.255 e. The average Bonchev–Trinajstić information content (AvgIpc) is 3.42. The molecule has 0 spiro atoms. The van der Waals surface area contributed by atoms with Crippen LogP contribution in [-0.4, -0.2) is 42.7 Å².